The summed E-state index contributed by atoms with van der Waals surface area (Å²) in [6.07, 6.45) is -4.36. The molecule has 0 heterocycles. The minimum Gasteiger partial charge on any atom is -0.327 e. The SMILES string of the molecule is CN(Cc1ccc(C(F)(F)F)cc1)C(=O)NCC#Cc1ccccc1. The molecule has 2 rings (SSSR count). The minimum atomic E-state index is -4.36. The summed E-state index contributed by atoms with van der Waals surface area (Å²) in [5, 5.41) is 2.64. The van der Waals surface area contributed by atoms with Crippen molar-refractivity contribution in [2.75, 3.05) is 13.6 Å². The van der Waals surface area contributed by atoms with E-state index in [9.17, 15) is 18.0 Å². The average molecular weight is 346 g/mol. The van der Waals surface area contributed by atoms with Gasteiger partial charge in [0.2, 0.25) is 0 Å². The summed E-state index contributed by atoms with van der Waals surface area (Å²) in [6, 6.07) is 13.8. The zero-order chi connectivity index (χ0) is 18.3. The molecule has 0 fully saturated rings. The summed E-state index contributed by atoms with van der Waals surface area (Å²) >= 11 is 0. The van der Waals surface area contributed by atoms with Crippen LogP contribution in [0.15, 0.2) is 54.6 Å². The summed E-state index contributed by atoms with van der Waals surface area (Å²) in [5.74, 6) is 5.76. The summed E-state index contributed by atoms with van der Waals surface area (Å²) in [4.78, 5) is 13.3. The maximum Gasteiger partial charge on any atom is 0.416 e. The molecule has 130 valence electrons. The molecule has 2 amide bonds. The molecule has 0 saturated carbocycles. The van der Waals surface area contributed by atoms with Crippen LogP contribution in [0.5, 0.6) is 0 Å². The molecule has 0 radical (unpaired) electrons. The van der Waals surface area contributed by atoms with Gasteiger partial charge in [-0.05, 0) is 29.8 Å². The lowest BCUT2D eigenvalue weighted by atomic mass is 10.1. The van der Waals surface area contributed by atoms with Crippen LogP contribution in [0.4, 0.5) is 18.0 Å². The van der Waals surface area contributed by atoms with Gasteiger partial charge < -0.3 is 10.2 Å². The fourth-order valence-corrected chi connectivity index (χ4v) is 2.07. The van der Waals surface area contributed by atoms with Crippen molar-refractivity contribution in [1.29, 1.82) is 0 Å². The Morgan fingerprint density at radius 1 is 1.08 bits per heavy atom. The Morgan fingerprint density at radius 2 is 1.72 bits per heavy atom. The second-order valence-electron chi connectivity index (χ2n) is 5.38. The molecule has 0 aromatic heterocycles. The van der Waals surface area contributed by atoms with Crippen molar-refractivity contribution in [3.8, 4) is 11.8 Å². The summed E-state index contributed by atoms with van der Waals surface area (Å²) in [6.45, 7) is 0.390. The van der Waals surface area contributed by atoms with E-state index in [-0.39, 0.29) is 19.1 Å². The van der Waals surface area contributed by atoms with Crippen molar-refractivity contribution in [3.63, 3.8) is 0 Å². The molecule has 2 aromatic rings. The van der Waals surface area contributed by atoms with Crippen LogP contribution in [-0.2, 0) is 12.7 Å². The van der Waals surface area contributed by atoms with Crippen LogP contribution in [0.3, 0.4) is 0 Å². The number of carbonyl (C=O) groups excluding carboxylic acids is 1. The van der Waals surface area contributed by atoms with Crippen LogP contribution in [0.2, 0.25) is 0 Å². The zero-order valence-electron chi connectivity index (χ0n) is 13.6. The van der Waals surface area contributed by atoms with Crippen LogP contribution in [-0.4, -0.2) is 24.5 Å². The van der Waals surface area contributed by atoms with E-state index in [4.69, 9.17) is 0 Å². The van der Waals surface area contributed by atoms with Crippen LogP contribution >= 0.6 is 0 Å². The second kappa shape index (κ2) is 8.25. The highest BCUT2D eigenvalue weighted by atomic mass is 19.4. The van der Waals surface area contributed by atoms with Crippen molar-refractivity contribution in [1.82, 2.24) is 10.2 Å². The van der Waals surface area contributed by atoms with Gasteiger partial charge in [0.15, 0.2) is 0 Å². The Hall–Kier alpha value is -2.94. The number of hydrogen-bond donors (Lipinski definition) is 1. The highest BCUT2D eigenvalue weighted by Gasteiger charge is 2.29. The third kappa shape index (κ3) is 5.88. The number of carbonyl (C=O) groups is 1. The van der Waals surface area contributed by atoms with E-state index >= 15 is 0 Å². The summed E-state index contributed by atoms with van der Waals surface area (Å²) < 4.78 is 37.6. The Labute approximate surface area is 144 Å². The van der Waals surface area contributed by atoms with Gasteiger partial charge in [-0.3, -0.25) is 0 Å². The molecule has 0 spiro atoms. The van der Waals surface area contributed by atoms with Crippen molar-refractivity contribution in [2.45, 2.75) is 12.7 Å². The molecular weight excluding hydrogens is 329 g/mol. The minimum absolute atomic E-state index is 0.186. The fourth-order valence-electron chi connectivity index (χ4n) is 2.07. The molecule has 0 aliphatic carbocycles. The molecular formula is C19H17F3N2O. The first-order chi connectivity index (χ1) is 11.9. The summed E-state index contributed by atoms with van der Waals surface area (Å²) in [5.41, 5.74) is 0.760. The molecule has 0 unspecified atom stereocenters. The van der Waals surface area contributed by atoms with Crippen molar-refractivity contribution < 1.29 is 18.0 Å². The maximum atomic E-state index is 12.5. The second-order valence-corrected chi connectivity index (χ2v) is 5.38. The number of nitrogens with one attached hydrogen (secondary N) is 1. The molecule has 3 nitrogen and oxygen atoms in total. The third-order valence-electron chi connectivity index (χ3n) is 3.38. The number of nitrogens with zero attached hydrogens (tertiary/aromatic N) is 1. The van der Waals surface area contributed by atoms with Gasteiger partial charge in [0.1, 0.15) is 0 Å². The quantitative estimate of drug-likeness (QED) is 0.840. The maximum absolute atomic E-state index is 12.5. The number of urea groups is 1. The summed E-state index contributed by atoms with van der Waals surface area (Å²) in [7, 11) is 1.57. The standard InChI is InChI=1S/C19H17F3N2O/c1-24(14-16-9-11-17(12-10-16)19(20,21)22)18(25)23-13-5-8-15-6-3-2-4-7-15/h2-4,6-7,9-12H,13-14H2,1H3,(H,23,25). The normalized spacial score (nSPS) is 10.6. The molecule has 6 heteroatoms. The number of amides is 2. The first-order valence-electron chi connectivity index (χ1n) is 7.55. The predicted molar refractivity (Wildman–Crippen MR) is 89.6 cm³/mol. The molecule has 2 aromatic carbocycles. The van der Waals surface area contributed by atoms with Crippen molar-refractivity contribution in [3.05, 3.63) is 71.3 Å². The number of halogens is 3. The van der Waals surface area contributed by atoms with E-state index in [2.05, 4.69) is 17.2 Å². The van der Waals surface area contributed by atoms with Crippen LogP contribution in [0, 0.1) is 11.8 Å². The van der Waals surface area contributed by atoms with Crippen LogP contribution in [0.25, 0.3) is 0 Å². The molecule has 0 aliphatic rings. The molecule has 1 N–H and O–H groups in total. The third-order valence-corrected chi connectivity index (χ3v) is 3.38. The topological polar surface area (TPSA) is 32.3 Å². The Balaban J connectivity index is 1.83. The van der Waals surface area contributed by atoms with Crippen LogP contribution in [0.1, 0.15) is 16.7 Å². The molecule has 25 heavy (non-hydrogen) atoms. The van der Waals surface area contributed by atoms with Gasteiger partial charge in [-0.25, -0.2) is 4.79 Å². The number of rotatable bonds is 3. The van der Waals surface area contributed by atoms with Crippen molar-refractivity contribution >= 4 is 6.03 Å². The molecule has 0 bridgehead atoms. The van der Waals surface area contributed by atoms with E-state index in [0.717, 1.165) is 17.7 Å². The first kappa shape index (κ1) is 18.4. The number of alkyl halides is 3. The van der Waals surface area contributed by atoms with Crippen LogP contribution < -0.4 is 5.32 Å². The monoisotopic (exact) mass is 346 g/mol. The Kier molecular flexibility index (Phi) is 6.07. The van der Waals surface area contributed by atoms with Gasteiger partial charge in [-0.15, -0.1) is 0 Å². The van der Waals surface area contributed by atoms with Crippen molar-refractivity contribution in [2.24, 2.45) is 0 Å². The van der Waals surface area contributed by atoms with Gasteiger partial charge in [0, 0.05) is 19.2 Å². The van der Waals surface area contributed by atoms with E-state index in [1.807, 2.05) is 30.3 Å². The van der Waals surface area contributed by atoms with Gasteiger partial charge in [0.05, 0.1) is 12.1 Å². The first-order valence-corrected chi connectivity index (χ1v) is 7.55. The van der Waals surface area contributed by atoms with E-state index in [0.29, 0.717) is 5.56 Å². The molecule has 0 atom stereocenters. The Morgan fingerprint density at radius 3 is 2.32 bits per heavy atom. The van der Waals surface area contributed by atoms with E-state index in [1.54, 1.807) is 7.05 Å². The Bertz CT molecular complexity index is 759. The van der Waals surface area contributed by atoms with Gasteiger partial charge in [-0.2, -0.15) is 13.2 Å². The van der Waals surface area contributed by atoms with Gasteiger partial charge >= 0.3 is 12.2 Å². The highest BCUT2D eigenvalue weighted by Crippen LogP contribution is 2.29. The number of hydrogen-bond acceptors (Lipinski definition) is 1. The smallest absolute Gasteiger partial charge is 0.327 e. The molecule has 0 aliphatic heterocycles. The van der Waals surface area contributed by atoms with Gasteiger partial charge in [0.25, 0.3) is 0 Å². The largest absolute Gasteiger partial charge is 0.416 e. The highest BCUT2D eigenvalue weighted by molar-refractivity contribution is 5.74. The fraction of sp³-hybridized carbons (Fsp3) is 0.211. The van der Waals surface area contributed by atoms with Gasteiger partial charge in [-0.1, -0.05) is 42.2 Å². The van der Waals surface area contributed by atoms with E-state index < -0.39 is 11.7 Å². The molecule has 0 saturated heterocycles. The average Bonchev–Trinajstić information content (AvgIpc) is 2.59. The van der Waals surface area contributed by atoms with E-state index in [1.165, 1.54) is 17.0 Å². The lowest BCUT2D eigenvalue weighted by Crippen LogP contribution is -2.36. The predicted octanol–water partition coefficient (Wildman–Crippen LogP) is 3.90. The zero-order valence-corrected chi connectivity index (χ0v) is 13.6. The lowest BCUT2D eigenvalue weighted by Gasteiger charge is -2.17. The number of benzene rings is 2. The lowest BCUT2D eigenvalue weighted by molar-refractivity contribution is -0.137.